The van der Waals surface area contributed by atoms with Crippen LogP contribution in [0, 0.1) is 0 Å². The number of aromatic carboxylic acids is 1. The molecule has 0 aliphatic carbocycles. The molecular formula is C10H15N3O5S. The smallest absolute Gasteiger partial charge is 0.352 e. The van der Waals surface area contributed by atoms with Gasteiger partial charge in [-0.15, -0.1) is 0 Å². The summed E-state index contributed by atoms with van der Waals surface area (Å²) in [6, 6.07) is 1.05. The number of nitrogens with two attached hydrogens (primary N) is 1. The fourth-order valence-corrected chi connectivity index (χ4v) is 2.73. The molecule has 1 amide bonds. The molecule has 3 N–H and O–H groups in total. The largest absolute Gasteiger partial charge is 0.477 e. The van der Waals surface area contributed by atoms with E-state index < -0.39 is 28.4 Å². The van der Waals surface area contributed by atoms with Crippen LogP contribution >= 0.6 is 0 Å². The van der Waals surface area contributed by atoms with Crippen molar-refractivity contribution in [2.24, 2.45) is 5.73 Å². The van der Waals surface area contributed by atoms with E-state index >= 15 is 0 Å². The third-order valence-electron chi connectivity index (χ3n) is 2.52. The second-order valence-corrected chi connectivity index (χ2v) is 5.92. The molecule has 1 aromatic heterocycles. The maximum Gasteiger partial charge on any atom is 0.352 e. The lowest BCUT2D eigenvalue weighted by Crippen LogP contribution is -2.35. The van der Waals surface area contributed by atoms with Crippen molar-refractivity contribution in [1.82, 2.24) is 8.87 Å². The van der Waals surface area contributed by atoms with Crippen LogP contribution < -0.4 is 5.73 Å². The number of hydrogen-bond donors (Lipinski definition) is 2. The minimum Gasteiger partial charge on any atom is -0.477 e. The summed E-state index contributed by atoms with van der Waals surface area (Å²) in [6.07, 6.45) is 1.22. The predicted molar refractivity (Wildman–Crippen MR) is 66.1 cm³/mol. The van der Waals surface area contributed by atoms with Crippen LogP contribution in [0.2, 0.25) is 0 Å². The lowest BCUT2D eigenvalue weighted by atomic mass is 10.4. The number of carboxylic acids is 1. The summed E-state index contributed by atoms with van der Waals surface area (Å²) >= 11 is 0. The van der Waals surface area contributed by atoms with E-state index in [0.29, 0.717) is 6.54 Å². The van der Waals surface area contributed by atoms with Crippen LogP contribution in [-0.4, -0.2) is 47.9 Å². The molecule has 1 aromatic rings. The number of primary amides is 1. The number of hydrogen-bond acceptors (Lipinski definition) is 4. The molecule has 106 valence electrons. The molecule has 0 saturated heterocycles. The maximum absolute atomic E-state index is 12.1. The molecule has 0 fully saturated rings. The predicted octanol–water partition coefficient (Wildman–Crippen LogP) is -0.688. The second-order valence-electron chi connectivity index (χ2n) is 3.88. The first-order valence-corrected chi connectivity index (χ1v) is 6.82. The van der Waals surface area contributed by atoms with Crippen LogP contribution in [-0.2, 0) is 21.4 Å². The monoisotopic (exact) mass is 289 g/mol. The Hall–Kier alpha value is -1.87. The first kappa shape index (κ1) is 15.2. The number of carbonyl (C=O) groups is 2. The Morgan fingerprint density at radius 3 is 2.42 bits per heavy atom. The number of rotatable bonds is 6. The summed E-state index contributed by atoms with van der Waals surface area (Å²) in [7, 11) is -2.73. The molecule has 0 unspecified atom stereocenters. The van der Waals surface area contributed by atoms with Gasteiger partial charge >= 0.3 is 5.97 Å². The minimum absolute atomic E-state index is 0.131. The van der Waals surface area contributed by atoms with Crippen molar-refractivity contribution in [3.05, 3.63) is 18.0 Å². The number of aromatic nitrogens is 1. The summed E-state index contributed by atoms with van der Waals surface area (Å²) in [5.74, 6) is -2.01. The Morgan fingerprint density at radius 2 is 2.05 bits per heavy atom. The standard InChI is InChI=1S/C10H15N3O5S/c1-3-13-5-7(4-8(13)10(15)16)19(17,18)12(2)6-9(11)14/h4-5H,3,6H2,1-2H3,(H2,11,14)(H,15,16). The summed E-state index contributed by atoms with van der Waals surface area (Å²) in [6.45, 7) is 1.54. The average molecular weight is 289 g/mol. The first-order valence-electron chi connectivity index (χ1n) is 5.38. The summed E-state index contributed by atoms with van der Waals surface area (Å²) in [5.41, 5.74) is 4.80. The summed E-state index contributed by atoms with van der Waals surface area (Å²) in [4.78, 5) is 21.5. The van der Waals surface area contributed by atoms with Crippen molar-refractivity contribution < 1.29 is 23.1 Å². The van der Waals surface area contributed by atoms with Crippen LogP contribution in [0.25, 0.3) is 0 Å². The Kier molecular flexibility index (Phi) is 4.32. The van der Waals surface area contributed by atoms with Crippen molar-refractivity contribution in [3.63, 3.8) is 0 Å². The topological polar surface area (TPSA) is 123 Å². The van der Waals surface area contributed by atoms with Gasteiger partial charge in [-0.3, -0.25) is 4.79 Å². The molecule has 0 atom stereocenters. The highest BCUT2D eigenvalue weighted by molar-refractivity contribution is 7.89. The van der Waals surface area contributed by atoms with Gasteiger partial charge in [0.25, 0.3) is 0 Å². The number of likely N-dealkylation sites (N-methyl/N-ethyl adjacent to an activating group) is 1. The van der Waals surface area contributed by atoms with Gasteiger partial charge in [0, 0.05) is 19.8 Å². The molecule has 8 nitrogen and oxygen atoms in total. The van der Waals surface area contributed by atoms with Crippen molar-refractivity contribution in [2.45, 2.75) is 18.4 Å². The highest BCUT2D eigenvalue weighted by Crippen LogP contribution is 2.18. The van der Waals surface area contributed by atoms with Crippen LogP contribution in [0.15, 0.2) is 17.2 Å². The van der Waals surface area contributed by atoms with E-state index in [-0.39, 0.29) is 10.6 Å². The second kappa shape index (κ2) is 5.41. The first-order chi connectivity index (χ1) is 8.70. The molecule has 9 heteroatoms. The van der Waals surface area contributed by atoms with Gasteiger partial charge in [0.1, 0.15) is 10.6 Å². The number of amides is 1. The number of carboxylic acid groups (broad SMARTS) is 1. The molecule has 0 saturated carbocycles. The van der Waals surface area contributed by atoms with Gasteiger partial charge in [0.2, 0.25) is 15.9 Å². The van der Waals surface area contributed by atoms with Crippen molar-refractivity contribution in [1.29, 1.82) is 0 Å². The average Bonchev–Trinajstić information content (AvgIpc) is 2.72. The molecule has 0 spiro atoms. The Labute approximate surface area is 110 Å². The zero-order valence-electron chi connectivity index (χ0n) is 10.5. The van der Waals surface area contributed by atoms with Crippen LogP contribution in [0.3, 0.4) is 0 Å². The van der Waals surface area contributed by atoms with Crippen molar-refractivity contribution in [2.75, 3.05) is 13.6 Å². The molecule has 0 radical (unpaired) electrons. The zero-order chi connectivity index (χ0) is 14.8. The molecule has 1 heterocycles. The van der Waals surface area contributed by atoms with Crippen molar-refractivity contribution in [3.8, 4) is 0 Å². The Morgan fingerprint density at radius 1 is 1.47 bits per heavy atom. The normalized spacial score (nSPS) is 11.7. The molecule has 0 aliphatic heterocycles. The lowest BCUT2D eigenvalue weighted by molar-refractivity contribution is -0.118. The Balaban J connectivity index is 3.22. The third-order valence-corrected chi connectivity index (χ3v) is 4.29. The number of nitrogens with zero attached hydrogens (tertiary/aromatic N) is 2. The summed E-state index contributed by atoms with van der Waals surface area (Å²) in [5, 5.41) is 8.96. The molecule has 0 aliphatic rings. The van der Waals surface area contributed by atoms with E-state index in [0.717, 1.165) is 10.4 Å². The third kappa shape index (κ3) is 3.12. The SMILES string of the molecule is CCn1cc(S(=O)(=O)N(C)CC(N)=O)cc1C(=O)O. The van der Waals surface area contributed by atoms with Gasteiger partial charge in [-0.25, -0.2) is 13.2 Å². The van der Waals surface area contributed by atoms with Gasteiger partial charge in [-0.2, -0.15) is 4.31 Å². The van der Waals surface area contributed by atoms with Crippen LogP contribution in [0.5, 0.6) is 0 Å². The van der Waals surface area contributed by atoms with E-state index in [2.05, 4.69) is 0 Å². The van der Waals surface area contributed by atoms with E-state index in [4.69, 9.17) is 10.8 Å². The minimum atomic E-state index is -3.93. The molecular weight excluding hydrogens is 274 g/mol. The number of aryl methyl sites for hydroxylation is 1. The van der Waals surface area contributed by atoms with Gasteiger partial charge in [-0.1, -0.05) is 0 Å². The highest BCUT2D eigenvalue weighted by Gasteiger charge is 2.25. The Bertz CT molecular complexity index is 605. The number of sulfonamides is 1. The lowest BCUT2D eigenvalue weighted by Gasteiger charge is -2.13. The molecule has 0 aromatic carbocycles. The van der Waals surface area contributed by atoms with Gasteiger partial charge in [0.05, 0.1) is 6.54 Å². The summed E-state index contributed by atoms with van der Waals surface area (Å²) < 4.78 is 26.2. The zero-order valence-corrected chi connectivity index (χ0v) is 11.3. The van der Waals surface area contributed by atoms with Gasteiger partial charge < -0.3 is 15.4 Å². The fraction of sp³-hybridized carbons (Fsp3) is 0.400. The van der Waals surface area contributed by atoms with E-state index in [9.17, 15) is 18.0 Å². The van der Waals surface area contributed by atoms with Crippen LogP contribution in [0.4, 0.5) is 0 Å². The van der Waals surface area contributed by atoms with Gasteiger partial charge in [-0.05, 0) is 13.0 Å². The van der Waals surface area contributed by atoms with Crippen molar-refractivity contribution >= 4 is 21.9 Å². The quantitative estimate of drug-likeness (QED) is 0.717. The van der Waals surface area contributed by atoms with E-state index in [1.165, 1.54) is 17.8 Å². The number of carbonyl (C=O) groups excluding carboxylic acids is 1. The molecule has 1 rings (SSSR count). The molecule has 19 heavy (non-hydrogen) atoms. The fourth-order valence-electron chi connectivity index (χ4n) is 1.55. The van der Waals surface area contributed by atoms with E-state index in [1.54, 1.807) is 6.92 Å². The highest BCUT2D eigenvalue weighted by atomic mass is 32.2. The van der Waals surface area contributed by atoms with E-state index in [1.807, 2.05) is 0 Å². The van der Waals surface area contributed by atoms with Crippen LogP contribution in [0.1, 0.15) is 17.4 Å². The van der Waals surface area contributed by atoms with Gasteiger partial charge in [0.15, 0.2) is 0 Å². The maximum atomic E-state index is 12.1. The molecule has 0 bridgehead atoms.